The molecular weight excluding hydrogens is 741 g/mol. The molecule has 1 aliphatic heterocycles. The van der Waals surface area contributed by atoms with E-state index in [1.807, 2.05) is 109 Å². The third-order valence-corrected chi connectivity index (χ3v) is 10.8. The molecule has 4 aromatic carbocycles. The molecule has 2 N–H and O–H groups in total. The third kappa shape index (κ3) is 8.36. The van der Waals surface area contributed by atoms with Crippen LogP contribution in [-0.2, 0) is 40.7 Å². The lowest BCUT2D eigenvalue weighted by atomic mass is 9.78. The largest absolute Gasteiger partial charge is 0.497 e. The second-order valence-corrected chi connectivity index (χ2v) is 15.4. The van der Waals surface area contributed by atoms with E-state index in [4.69, 9.17) is 27.9 Å². The Morgan fingerprint density at radius 3 is 1.93 bits per heavy atom. The normalized spacial score (nSPS) is 19.8. The topological polar surface area (TPSA) is 165 Å². The van der Waals surface area contributed by atoms with Crippen molar-refractivity contribution in [1.82, 2.24) is 9.55 Å². The Morgan fingerprint density at radius 2 is 1.39 bits per heavy atom. The van der Waals surface area contributed by atoms with E-state index in [0.29, 0.717) is 22.6 Å². The van der Waals surface area contributed by atoms with E-state index >= 15 is 0 Å². The van der Waals surface area contributed by atoms with Gasteiger partial charge >= 0.3 is 5.69 Å². The summed E-state index contributed by atoms with van der Waals surface area (Å²) in [5.41, 5.74) is -2.93. The van der Waals surface area contributed by atoms with Gasteiger partial charge in [0.2, 0.25) is 0 Å². The zero-order valence-corrected chi connectivity index (χ0v) is 32.5. The maximum atomic E-state index is 13.4. The monoisotopic (exact) mass is 786 g/mol. The maximum Gasteiger partial charge on any atom is 0.330 e. The van der Waals surface area contributed by atoms with Crippen LogP contribution in [0.5, 0.6) is 11.5 Å². The van der Waals surface area contributed by atoms with Gasteiger partial charge in [0, 0.05) is 31.2 Å². The molecule has 56 heavy (non-hydrogen) atoms. The number of aliphatic hydroxyl groups is 1. The fraction of sp³-hybridized carbons (Fsp3) is 0.333. The van der Waals surface area contributed by atoms with Crippen molar-refractivity contribution in [2.24, 2.45) is 0 Å². The van der Waals surface area contributed by atoms with Crippen molar-refractivity contribution in [2.75, 3.05) is 40.3 Å². The predicted octanol–water partition coefficient (Wildman–Crippen LogP) is 4.84. The average molecular weight is 787 g/mol. The van der Waals surface area contributed by atoms with Crippen molar-refractivity contribution in [3.05, 3.63) is 164 Å². The lowest BCUT2D eigenvalue weighted by molar-refractivity contribution is -0.224. The molecule has 0 saturated carbocycles. The molecule has 0 spiro atoms. The van der Waals surface area contributed by atoms with Crippen molar-refractivity contribution in [2.45, 2.75) is 49.4 Å². The number of H-pyrrole nitrogens is 1. The summed E-state index contributed by atoms with van der Waals surface area (Å²) in [5, 5.41) is 10.7. The fourth-order valence-corrected chi connectivity index (χ4v) is 7.68. The highest BCUT2D eigenvalue weighted by Crippen LogP contribution is 2.52. The van der Waals surface area contributed by atoms with Gasteiger partial charge in [-0.25, -0.2) is 4.79 Å². The van der Waals surface area contributed by atoms with E-state index in [-0.39, 0.29) is 25.0 Å². The van der Waals surface area contributed by atoms with Crippen LogP contribution < -0.4 is 20.7 Å². The number of aromatic amines is 1. The van der Waals surface area contributed by atoms with Crippen molar-refractivity contribution in [3.8, 4) is 11.5 Å². The number of benzene rings is 4. The van der Waals surface area contributed by atoms with Gasteiger partial charge in [0.05, 0.1) is 33.7 Å². The lowest BCUT2D eigenvalue weighted by Gasteiger charge is -2.46. The van der Waals surface area contributed by atoms with Crippen LogP contribution in [0.15, 0.2) is 125 Å². The predicted molar refractivity (Wildman–Crippen MR) is 208 cm³/mol. The summed E-state index contributed by atoms with van der Waals surface area (Å²) in [5.74, 6) is 1.23. The first kappa shape index (κ1) is 40.6. The summed E-state index contributed by atoms with van der Waals surface area (Å²) in [6.45, 7) is 0.156. The molecule has 6 rings (SSSR count). The number of nitrogens with one attached hydrogen (secondary N) is 1. The number of rotatable bonds is 17. The number of aryl methyl sites for hydroxylation is 1. The van der Waals surface area contributed by atoms with Crippen LogP contribution in [0.1, 0.15) is 46.9 Å². The number of aliphatic hydroxyl groups excluding tert-OH is 1. The molecule has 3 atom stereocenters. The zero-order valence-electron chi connectivity index (χ0n) is 31.7. The summed E-state index contributed by atoms with van der Waals surface area (Å²) in [6.07, 6.45) is 1.04. The second-order valence-electron chi connectivity index (χ2n) is 13.8. The van der Waals surface area contributed by atoms with Crippen LogP contribution in [0, 0.1) is 6.92 Å². The molecule has 1 aromatic heterocycles. The minimum atomic E-state index is -4.11. The SMILES string of the molecule is COc1ccc(C(OC[C@]2(COS(C)(=O)=O)O[C@@H](n3cc(C)c(=O)[nH]c3=O)C[C@@]2(CCO)OCc2ccccc2)(c2ccccc2)c2ccc(OC)cc2)cc1. The quantitative estimate of drug-likeness (QED) is 0.0979. The standard InChI is InChI=1S/C42H46N2O11S/c1-30-26-44(39(47)43-38(30)46)37-25-40(23-24-45,52-27-31-11-7-5-8-12-31)41(55-37,29-54-56(4,48)49)28-53-42(32-13-9-6-10-14-32,33-15-19-35(50-2)20-16-33)34-17-21-36(51-3)22-18-34/h5-22,26,37,45H,23-25,27-29H2,1-4H3,(H,43,46,47)/t37-,40-,41-/m1/s1. The Bertz CT molecular complexity index is 2250. The third-order valence-electron chi connectivity index (χ3n) is 10.2. The second kappa shape index (κ2) is 17.0. The number of hydrogen-bond donors (Lipinski definition) is 2. The van der Waals surface area contributed by atoms with Gasteiger partial charge in [-0.3, -0.25) is 18.5 Å². The summed E-state index contributed by atoms with van der Waals surface area (Å²) in [7, 11) is -0.960. The minimum Gasteiger partial charge on any atom is -0.497 e. The first-order valence-electron chi connectivity index (χ1n) is 18.0. The van der Waals surface area contributed by atoms with Crippen LogP contribution in [0.4, 0.5) is 0 Å². The summed E-state index contributed by atoms with van der Waals surface area (Å²) in [6, 6.07) is 33.6. The molecule has 14 heteroatoms. The van der Waals surface area contributed by atoms with Gasteiger partial charge in [-0.1, -0.05) is 84.9 Å². The molecule has 0 radical (unpaired) electrons. The van der Waals surface area contributed by atoms with Crippen LogP contribution in [0.2, 0.25) is 0 Å². The fourth-order valence-electron chi connectivity index (χ4n) is 7.28. The van der Waals surface area contributed by atoms with E-state index in [9.17, 15) is 23.1 Å². The molecule has 13 nitrogen and oxygen atoms in total. The Kier molecular flexibility index (Phi) is 12.3. The van der Waals surface area contributed by atoms with Crippen molar-refractivity contribution >= 4 is 10.1 Å². The first-order chi connectivity index (χ1) is 26.9. The highest BCUT2D eigenvalue weighted by Gasteiger charge is 2.63. The molecule has 296 valence electrons. The molecule has 1 aliphatic rings. The highest BCUT2D eigenvalue weighted by molar-refractivity contribution is 7.86. The molecule has 1 saturated heterocycles. The van der Waals surface area contributed by atoms with Gasteiger partial charge in [-0.15, -0.1) is 0 Å². The molecule has 0 unspecified atom stereocenters. The Labute approximate surface area is 325 Å². The number of hydrogen-bond acceptors (Lipinski definition) is 11. The average Bonchev–Trinajstić information content (AvgIpc) is 3.52. The molecule has 1 fully saturated rings. The van der Waals surface area contributed by atoms with Crippen molar-refractivity contribution < 1.29 is 41.4 Å². The first-order valence-corrected chi connectivity index (χ1v) is 19.8. The molecule has 0 amide bonds. The van der Waals surface area contributed by atoms with Gasteiger partial charge in [0.1, 0.15) is 41.1 Å². The molecular formula is C42H46N2O11S. The Morgan fingerprint density at radius 1 is 0.839 bits per heavy atom. The van der Waals surface area contributed by atoms with E-state index in [1.54, 1.807) is 21.1 Å². The number of nitrogens with zero attached hydrogens (tertiary/aromatic N) is 1. The smallest absolute Gasteiger partial charge is 0.330 e. The number of ether oxygens (including phenoxy) is 5. The van der Waals surface area contributed by atoms with Gasteiger partial charge < -0.3 is 28.8 Å². The molecule has 0 aliphatic carbocycles. The van der Waals surface area contributed by atoms with Gasteiger partial charge in [-0.05, 0) is 53.4 Å². The summed E-state index contributed by atoms with van der Waals surface area (Å²) >= 11 is 0. The summed E-state index contributed by atoms with van der Waals surface area (Å²) in [4.78, 5) is 28.2. The van der Waals surface area contributed by atoms with Gasteiger partial charge in [0.15, 0.2) is 0 Å². The summed E-state index contributed by atoms with van der Waals surface area (Å²) < 4.78 is 64.5. The Hall–Kier alpha value is -5.09. The van der Waals surface area contributed by atoms with Crippen molar-refractivity contribution in [3.63, 3.8) is 0 Å². The molecule has 5 aromatic rings. The van der Waals surface area contributed by atoms with Gasteiger partial charge in [0.25, 0.3) is 15.7 Å². The van der Waals surface area contributed by atoms with E-state index < -0.39 is 64.2 Å². The van der Waals surface area contributed by atoms with E-state index in [2.05, 4.69) is 4.98 Å². The maximum absolute atomic E-state index is 13.4. The molecule has 0 bridgehead atoms. The van der Waals surface area contributed by atoms with E-state index in [0.717, 1.165) is 17.4 Å². The molecule has 2 heterocycles. The zero-order chi connectivity index (χ0) is 40.0. The van der Waals surface area contributed by atoms with Crippen LogP contribution in [0.25, 0.3) is 0 Å². The van der Waals surface area contributed by atoms with Gasteiger partial charge in [-0.2, -0.15) is 8.42 Å². The number of methoxy groups -OCH3 is 2. The Balaban J connectivity index is 1.59. The van der Waals surface area contributed by atoms with Crippen LogP contribution in [-0.4, -0.2) is 74.6 Å². The van der Waals surface area contributed by atoms with Crippen molar-refractivity contribution in [1.29, 1.82) is 0 Å². The lowest BCUT2D eigenvalue weighted by Crippen LogP contribution is -2.60. The highest BCUT2D eigenvalue weighted by atomic mass is 32.2. The van der Waals surface area contributed by atoms with Crippen LogP contribution in [0.3, 0.4) is 0 Å². The van der Waals surface area contributed by atoms with Crippen LogP contribution >= 0.6 is 0 Å². The minimum absolute atomic E-state index is 0.0257. The number of aromatic nitrogens is 2. The van der Waals surface area contributed by atoms with E-state index in [1.165, 1.54) is 10.8 Å².